The first-order chi connectivity index (χ1) is 9.37. The lowest BCUT2D eigenvalue weighted by Gasteiger charge is -2.24. The van der Waals surface area contributed by atoms with Gasteiger partial charge in [0.15, 0.2) is 16.5 Å². The van der Waals surface area contributed by atoms with Gasteiger partial charge >= 0.3 is 12.1 Å². The summed E-state index contributed by atoms with van der Waals surface area (Å²) < 4.78 is 39.3. The highest BCUT2D eigenvalue weighted by molar-refractivity contribution is 7.15. The summed E-state index contributed by atoms with van der Waals surface area (Å²) in [6.07, 6.45) is -1.64. The number of alkyl halides is 3. The Labute approximate surface area is 115 Å². The molecule has 0 radical (unpaired) electrons. The van der Waals surface area contributed by atoms with Crippen LogP contribution in [0.15, 0.2) is 11.6 Å². The second-order valence-electron chi connectivity index (χ2n) is 4.62. The number of rotatable bonds is 4. The maximum Gasteiger partial charge on any atom is 0.405 e. The molecule has 2 aromatic rings. The van der Waals surface area contributed by atoms with Crippen LogP contribution in [0.3, 0.4) is 0 Å². The van der Waals surface area contributed by atoms with Gasteiger partial charge in [0.2, 0.25) is 0 Å². The molecule has 0 bridgehead atoms. The average Bonchev–Trinajstić information content (AvgIpc) is 2.93. The van der Waals surface area contributed by atoms with Crippen LogP contribution in [-0.2, 0) is 0 Å². The van der Waals surface area contributed by atoms with Gasteiger partial charge in [-0.05, 0) is 12.8 Å². The second-order valence-corrected chi connectivity index (χ2v) is 5.49. The molecule has 1 aliphatic rings. The van der Waals surface area contributed by atoms with Crippen molar-refractivity contribution in [3.63, 3.8) is 0 Å². The van der Waals surface area contributed by atoms with Crippen LogP contribution in [-0.4, -0.2) is 39.2 Å². The molecule has 0 unspecified atom stereocenters. The zero-order valence-corrected chi connectivity index (χ0v) is 10.9. The fraction of sp³-hybridized carbons (Fsp3) is 0.455. The number of nitrogens with zero attached hydrogens (tertiary/aromatic N) is 3. The van der Waals surface area contributed by atoms with Crippen molar-refractivity contribution in [3.8, 4) is 0 Å². The fourth-order valence-corrected chi connectivity index (χ4v) is 2.84. The second kappa shape index (κ2) is 4.37. The largest absolute Gasteiger partial charge is 0.476 e. The smallest absolute Gasteiger partial charge is 0.405 e. The van der Waals surface area contributed by atoms with Gasteiger partial charge in [-0.1, -0.05) is 0 Å². The Morgan fingerprint density at radius 2 is 2.25 bits per heavy atom. The maximum atomic E-state index is 12.7. The lowest BCUT2D eigenvalue weighted by Crippen LogP contribution is -2.37. The molecule has 108 valence electrons. The lowest BCUT2D eigenvalue weighted by molar-refractivity contribution is -0.120. The summed E-state index contributed by atoms with van der Waals surface area (Å²) in [6, 6.07) is -0.278. The van der Waals surface area contributed by atoms with Crippen molar-refractivity contribution in [1.82, 2.24) is 9.38 Å². The van der Waals surface area contributed by atoms with Crippen LogP contribution >= 0.6 is 11.3 Å². The number of carbonyl (C=O) groups is 1. The minimum atomic E-state index is -4.39. The number of carboxylic acid groups (broad SMARTS) is 1. The van der Waals surface area contributed by atoms with E-state index in [0.717, 1.165) is 4.90 Å². The first-order valence-corrected chi connectivity index (χ1v) is 6.77. The molecule has 0 saturated heterocycles. The van der Waals surface area contributed by atoms with Gasteiger partial charge in [-0.3, -0.25) is 4.40 Å². The molecule has 2 aromatic heterocycles. The number of halogens is 3. The highest BCUT2D eigenvalue weighted by Crippen LogP contribution is 2.36. The number of carboxylic acids is 1. The normalized spacial score (nSPS) is 15.8. The molecule has 0 spiro atoms. The Morgan fingerprint density at radius 1 is 1.55 bits per heavy atom. The van der Waals surface area contributed by atoms with Crippen molar-refractivity contribution in [2.75, 3.05) is 11.4 Å². The summed E-state index contributed by atoms with van der Waals surface area (Å²) in [5, 5.41) is 10.9. The minimum Gasteiger partial charge on any atom is -0.476 e. The number of hydrogen-bond acceptors (Lipinski definition) is 4. The summed E-state index contributed by atoms with van der Waals surface area (Å²) >= 11 is 1.19. The van der Waals surface area contributed by atoms with E-state index in [9.17, 15) is 23.1 Å². The van der Waals surface area contributed by atoms with E-state index < -0.39 is 18.7 Å². The highest BCUT2D eigenvalue weighted by atomic mass is 32.1. The summed E-state index contributed by atoms with van der Waals surface area (Å²) in [7, 11) is 0. The van der Waals surface area contributed by atoms with Crippen molar-refractivity contribution < 1.29 is 23.1 Å². The van der Waals surface area contributed by atoms with Crippen molar-refractivity contribution in [1.29, 1.82) is 0 Å². The van der Waals surface area contributed by atoms with E-state index in [4.69, 9.17) is 0 Å². The summed E-state index contributed by atoms with van der Waals surface area (Å²) in [4.78, 5) is 16.8. The predicted octanol–water partition coefficient (Wildman–Crippen LogP) is 2.63. The molecule has 0 amide bonds. The summed E-state index contributed by atoms with van der Waals surface area (Å²) in [5.41, 5.74) is -0.211. The average molecular weight is 305 g/mol. The Kier molecular flexibility index (Phi) is 2.89. The van der Waals surface area contributed by atoms with E-state index in [2.05, 4.69) is 4.98 Å². The third kappa shape index (κ3) is 2.33. The van der Waals surface area contributed by atoms with Gasteiger partial charge in [0.05, 0.1) is 0 Å². The lowest BCUT2D eigenvalue weighted by atomic mass is 10.3. The zero-order valence-electron chi connectivity index (χ0n) is 10.1. The summed E-state index contributed by atoms with van der Waals surface area (Å²) in [6.45, 7) is -1.18. The van der Waals surface area contributed by atoms with E-state index in [1.807, 2.05) is 0 Å². The Hall–Kier alpha value is -1.77. The number of aromatic nitrogens is 2. The molecule has 20 heavy (non-hydrogen) atoms. The van der Waals surface area contributed by atoms with Crippen LogP contribution in [0.2, 0.25) is 0 Å². The molecule has 3 rings (SSSR count). The Morgan fingerprint density at radius 3 is 2.80 bits per heavy atom. The van der Waals surface area contributed by atoms with Crippen LogP contribution in [0, 0.1) is 0 Å². The quantitative estimate of drug-likeness (QED) is 0.943. The first kappa shape index (κ1) is 13.2. The van der Waals surface area contributed by atoms with Gasteiger partial charge in [-0.25, -0.2) is 9.78 Å². The minimum absolute atomic E-state index is 0.0934. The number of aromatic carboxylic acids is 1. The molecule has 9 heteroatoms. The molecule has 0 atom stereocenters. The predicted molar refractivity (Wildman–Crippen MR) is 66.5 cm³/mol. The van der Waals surface area contributed by atoms with E-state index >= 15 is 0 Å². The van der Waals surface area contributed by atoms with Crippen LogP contribution < -0.4 is 4.90 Å². The Bertz CT molecular complexity index is 659. The molecule has 2 heterocycles. The first-order valence-electron chi connectivity index (χ1n) is 5.89. The van der Waals surface area contributed by atoms with Crippen LogP contribution in [0.25, 0.3) is 4.96 Å². The van der Waals surface area contributed by atoms with Crippen molar-refractivity contribution in [3.05, 3.63) is 17.3 Å². The van der Waals surface area contributed by atoms with Gasteiger partial charge in [0.1, 0.15) is 6.54 Å². The highest BCUT2D eigenvalue weighted by Gasteiger charge is 2.41. The van der Waals surface area contributed by atoms with Crippen LogP contribution in [0.1, 0.15) is 23.3 Å². The molecule has 1 N–H and O–H groups in total. The zero-order chi connectivity index (χ0) is 14.5. The standard InChI is InChI=1S/C11H10F3N3O2S/c12-11(13,14)5-17(6-1-2-6)8-7(9(18)19)16-3-4-20-10(16)15-8/h3-4,6H,1-2,5H2,(H,18,19). The SMILES string of the molecule is O=C(O)c1c(N(CC(F)(F)F)C2CC2)nc2sccn12. The molecular weight excluding hydrogens is 295 g/mol. The van der Waals surface area contributed by atoms with Crippen molar-refractivity contribution in [2.24, 2.45) is 0 Å². The number of fused-ring (bicyclic) bond motifs is 1. The monoisotopic (exact) mass is 305 g/mol. The molecule has 1 aliphatic carbocycles. The van der Waals surface area contributed by atoms with E-state index in [-0.39, 0.29) is 17.6 Å². The molecule has 1 saturated carbocycles. The molecule has 0 aromatic carbocycles. The number of anilines is 1. The molecule has 1 fully saturated rings. The number of imidazole rings is 1. The topological polar surface area (TPSA) is 57.8 Å². The maximum absolute atomic E-state index is 12.7. The van der Waals surface area contributed by atoms with E-state index in [0.29, 0.717) is 17.8 Å². The van der Waals surface area contributed by atoms with Gasteiger partial charge in [-0.2, -0.15) is 13.2 Å². The Balaban J connectivity index is 2.08. The number of thiazole rings is 1. The molecule has 0 aliphatic heterocycles. The number of hydrogen-bond donors (Lipinski definition) is 1. The summed E-state index contributed by atoms with van der Waals surface area (Å²) in [5.74, 6) is -1.37. The van der Waals surface area contributed by atoms with Gasteiger partial charge in [0.25, 0.3) is 0 Å². The van der Waals surface area contributed by atoms with Gasteiger partial charge in [-0.15, -0.1) is 11.3 Å². The van der Waals surface area contributed by atoms with Gasteiger partial charge < -0.3 is 10.0 Å². The van der Waals surface area contributed by atoms with Gasteiger partial charge in [0, 0.05) is 17.6 Å². The van der Waals surface area contributed by atoms with Crippen LogP contribution in [0.4, 0.5) is 19.0 Å². The fourth-order valence-electron chi connectivity index (χ4n) is 2.13. The molecular formula is C11H10F3N3O2S. The van der Waals surface area contributed by atoms with E-state index in [1.165, 1.54) is 21.9 Å². The third-order valence-electron chi connectivity index (χ3n) is 3.06. The van der Waals surface area contributed by atoms with Crippen molar-refractivity contribution in [2.45, 2.75) is 25.1 Å². The van der Waals surface area contributed by atoms with Crippen molar-refractivity contribution >= 4 is 28.1 Å². The van der Waals surface area contributed by atoms with Crippen LogP contribution in [0.5, 0.6) is 0 Å². The van der Waals surface area contributed by atoms with E-state index in [1.54, 1.807) is 5.38 Å². The third-order valence-corrected chi connectivity index (χ3v) is 3.81. The molecule has 5 nitrogen and oxygen atoms in total.